The van der Waals surface area contributed by atoms with Crippen LogP contribution in [-0.2, 0) is 44.5 Å². The van der Waals surface area contributed by atoms with Crippen LogP contribution in [0.15, 0.2) is 28.7 Å². The molecule has 0 aromatic heterocycles. The maximum Gasteiger partial charge on any atom is 0.311 e. The average Bonchev–Trinajstić information content (AvgIpc) is 3.48. The van der Waals surface area contributed by atoms with Crippen molar-refractivity contribution in [3.63, 3.8) is 0 Å². The fourth-order valence-electron chi connectivity index (χ4n) is 10.1. The fraction of sp³-hybridized carbons (Fsp3) is 0.837. The first-order valence-electron chi connectivity index (χ1n) is 20.8. The van der Waals surface area contributed by atoms with Crippen molar-refractivity contribution >= 4 is 21.9 Å². The Kier molecular flexibility index (Phi) is 15.1. The van der Waals surface area contributed by atoms with Crippen LogP contribution in [-0.4, -0.2) is 136 Å². The van der Waals surface area contributed by atoms with E-state index in [-0.39, 0.29) is 30.9 Å². The average molecular weight is 873 g/mol. The summed E-state index contributed by atoms with van der Waals surface area (Å²) < 4.78 is 46.7. The molecule has 0 amide bonds. The number of cyclic esters (lactones) is 1. The van der Waals surface area contributed by atoms with Crippen LogP contribution in [0.1, 0.15) is 100 Å². The van der Waals surface area contributed by atoms with Crippen molar-refractivity contribution in [3.8, 4) is 0 Å². The summed E-state index contributed by atoms with van der Waals surface area (Å²) in [5.74, 6) is -2.78. The number of carbonyl (C=O) groups is 1. The van der Waals surface area contributed by atoms with Gasteiger partial charge < -0.3 is 53.6 Å². The monoisotopic (exact) mass is 871 g/mol. The summed E-state index contributed by atoms with van der Waals surface area (Å²) in [7, 11) is 3.52. The summed E-state index contributed by atoms with van der Waals surface area (Å²) in [6, 6.07) is 7.81. The van der Waals surface area contributed by atoms with Crippen molar-refractivity contribution < 1.29 is 58.4 Å². The summed E-state index contributed by atoms with van der Waals surface area (Å²) in [6.45, 7) is 19.0. The van der Waals surface area contributed by atoms with Crippen molar-refractivity contribution in [2.24, 2.45) is 23.7 Å². The van der Waals surface area contributed by atoms with Crippen LogP contribution in [0.2, 0.25) is 0 Å². The van der Waals surface area contributed by atoms with Gasteiger partial charge in [0.15, 0.2) is 12.6 Å². The fourth-order valence-corrected chi connectivity index (χ4v) is 10.4. The highest BCUT2D eigenvalue weighted by molar-refractivity contribution is 9.10. The third kappa shape index (κ3) is 9.78. The zero-order valence-electron chi connectivity index (χ0n) is 36.0. The topological polar surface area (TPSA) is 166 Å². The quantitative estimate of drug-likeness (QED) is 0.221. The molecule has 0 saturated carbocycles. The van der Waals surface area contributed by atoms with E-state index in [0.717, 1.165) is 10.0 Å². The molecule has 14 heteroatoms. The molecule has 4 N–H and O–H groups in total. The largest absolute Gasteiger partial charge is 0.459 e. The second-order valence-electron chi connectivity index (χ2n) is 18.3. The zero-order valence-corrected chi connectivity index (χ0v) is 37.5. The third-order valence-electron chi connectivity index (χ3n) is 13.6. The number of carbonyl (C=O) groups excluding carboxylic acids is 1. The lowest BCUT2D eigenvalue weighted by Crippen LogP contribution is -2.60. The molecule has 4 aliphatic heterocycles. The normalized spacial score (nSPS) is 44.9. The lowest BCUT2D eigenvalue weighted by molar-refractivity contribution is -0.318. The number of benzene rings is 1. The summed E-state index contributed by atoms with van der Waals surface area (Å²) in [5, 5.41) is 46.0. The Hall–Kier alpha value is -1.27. The Morgan fingerprint density at radius 3 is 2.28 bits per heavy atom. The molecule has 0 spiro atoms. The summed E-state index contributed by atoms with van der Waals surface area (Å²) >= 11 is 3.51. The minimum atomic E-state index is -1.80. The van der Waals surface area contributed by atoms with Gasteiger partial charge in [-0.25, -0.2) is 0 Å². The first-order chi connectivity index (χ1) is 26.6. The number of aliphatic hydroxyl groups is 4. The number of fused-ring (bicyclic) bond motifs is 2. The van der Waals surface area contributed by atoms with E-state index in [1.807, 2.05) is 46.9 Å². The molecule has 0 radical (unpaired) electrons. The molecule has 0 aliphatic carbocycles. The van der Waals surface area contributed by atoms with Crippen LogP contribution >= 0.6 is 15.9 Å². The predicted molar refractivity (Wildman–Crippen MR) is 216 cm³/mol. The van der Waals surface area contributed by atoms with Crippen LogP contribution in [0, 0.1) is 23.7 Å². The Labute approximate surface area is 348 Å². The van der Waals surface area contributed by atoms with Gasteiger partial charge in [-0.2, -0.15) is 0 Å². The Balaban J connectivity index is 1.55. The van der Waals surface area contributed by atoms with E-state index in [9.17, 15) is 25.2 Å². The maximum absolute atomic E-state index is 14.4. The van der Waals surface area contributed by atoms with Gasteiger partial charge in [-0.3, -0.25) is 9.69 Å². The molecule has 4 fully saturated rings. The highest BCUT2D eigenvalue weighted by Gasteiger charge is 2.59. The first kappa shape index (κ1) is 46.8. The molecule has 4 aliphatic rings. The van der Waals surface area contributed by atoms with Crippen LogP contribution < -0.4 is 0 Å². The Bertz CT molecular complexity index is 1490. The minimum Gasteiger partial charge on any atom is -0.459 e. The molecule has 1 aromatic carbocycles. The number of halogens is 1. The van der Waals surface area contributed by atoms with Crippen molar-refractivity contribution in [3.05, 3.63) is 34.3 Å². The van der Waals surface area contributed by atoms with E-state index in [1.165, 1.54) is 14.0 Å². The lowest BCUT2D eigenvalue weighted by Gasteiger charge is -2.48. The van der Waals surface area contributed by atoms with Gasteiger partial charge in [0.1, 0.15) is 23.9 Å². The molecule has 57 heavy (non-hydrogen) atoms. The minimum absolute atomic E-state index is 0.0809. The van der Waals surface area contributed by atoms with Crippen LogP contribution in [0.5, 0.6) is 0 Å². The van der Waals surface area contributed by atoms with Gasteiger partial charge in [-0.05, 0) is 91.5 Å². The number of methoxy groups -OCH3 is 1. The zero-order chi connectivity index (χ0) is 42.4. The predicted octanol–water partition coefficient (Wildman–Crippen LogP) is 4.96. The summed E-state index contributed by atoms with van der Waals surface area (Å²) in [5.41, 5.74) is -2.69. The van der Waals surface area contributed by atoms with Gasteiger partial charge in [0, 0.05) is 42.4 Å². The Morgan fingerprint density at radius 2 is 1.67 bits per heavy atom. The number of nitrogens with zero attached hydrogens (tertiary/aromatic N) is 1. The van der Waals surface area contributed by atoms with E-state index in [2.05, 4.69) is 39.9 Å². The van der Waals surface area contributed by atoms with Crippen molar-refractivity contribution in [1.29, 1.82) is 0 Å². The number of likely N-dealkylation sites (N-methyl/N-ethyl adjacent to an activating group) is 1. The van der Waals surface area contributed by atoms with Gasteiger partial charge in [-0.1, -0.05) is 55.8 Å². The molecule has 1 aromatic rings. The van der Waals surface area contributed by atoms with E-state index < -0.39 is 102 Å². The molecule has 7 unspecified atom stereocenters. The number of hydrogen-bond acceptors (Lipinski definition) is 13. The molecule has 4 heterocycles. The molecule has 4 saturated heterocycles. The van der Waals surface area contributed by atoms with E-state index >= 15 is 0 Å². The standard InChI is InChI=1S/C43H70BrNO12/c1-13-31(46)43(10,50)38-24(4)34-22(2)19-42(9,57-34)37(56-40-33(47)30(18-23(3)52-40)45(11)21-28-14-16-29(44)17-15-28)25(5)35(26(6)39(49)55-38)54-32-20-41(8,51-12)36(48)27(7)53-32/h14-17,22-27,30-38,40,46-48,50H,13,18-21H2,1-12H3/t22?,23?,24-,25-,26+,27?,30?,31+,32-,33?,34?,35-,36-,37+,38+,40-,41?,42-,43+/m0/s1. The van der Waals surface area contributed by atoms with Gasteiger partial charge in [-0.15, -0.1) is 0 Å². The van der Waals surface area contributed by atoms with E-state index in [0.29, 0.717) is 19.4 Å². The van der Waals surface area contributed by atoms with E-state index in [1.54, 1.807) is 27.7 Å². The maximum atomic E-state index is 14.4. The van der Waals surface area contributed by atoms with Crippen LogP contribution in [0.3, 0.4) is 0 Å². The second kappa shape index (κ2) is 18.4. The summed E-state index contributed by atoms with van der Waals surface area (Å²) in [6.07, 6.45) is -7.79. The molecular weight excluding hydrogens is 802 g/mol. The first-order valence-corrected chi connectivity index (χ1v) is 21.6. The number of esters is 1. The van der Waals surface area contributed by atoms with Gasteiger partial charge >= 0.3 is 5.97 Å². The lowest BCUT2D eigenvalue weighted by atomic mass is 9.76. The third-order valence-corrected chi connectivity index (χ3v) is 14.1. The van der Waals surface area contributed by atoms with Crippen molar-refractivity contribution in [2.75, 3.05) is 14.2 Å². The molecule has 19 atom stereocenters. The second-order valence-corrected chi connectivity index (χ2v) is 19.3. The van der Waals surface area contributed by atoms with Crippen LogP contribution in [0.4, 0.5) is 0 Å². The van der Waals surface area contributed by atoms with Crippen LogP contribution in [0.25, 0.3) is 0 Å². The number of aliphatic hydroxyl groups excluding tert-OH is 3. The molecule has 326 valence electrons. The molecule has 2 bridgehead atoms. The molecular formula is C43H70BrNO12. The molecule has 5 rings (SSSR count). The van der Waals surface area contributed by atoms with Gasteiger partial charge in [0.05, 0.1) is 53.7 Å². The highest BCUT2D eigenvalue weighted by Crippen LogP contribution is 2.48. The Morgan fingerprint density at radius 1 is 1.02 bits per heavy atom. The summed E-state index contributed by atoms with van der Waals surface area (Å²) in [4.78, 5) is 16.6. The number of hydrogen-bond donors (Lipinski definition) is 4. The van der Waals surface area contributed by atoms with Crippen molar-refractivity contribution in [2.45, 2.75) is 192 Å². The van der Waals surface area contributed by atoms with Gasteiger partial charge in [0.25, 0.3) is 0 Å². The van der Waals surface area contributed by atoms with E-state index in [4.69, 9.17) is 33.2 Å². The SMILES string of the molecule is CC[C@@H](O)[C@@](C)(O)[C@@H]1OC(=O)[C@H](C)[C@@H](O[C@H]2CC(C)(OC)[C@@H](O)C(C)O2)[C@H](C)[C@@H](O[C@@H]2OC(C)CC(N(C)Cc3ccc(Br)cc3)C2O)[C@]2(C)CC(C)C(O2)[C@@H]1C. The van der Waals surface area contributed by atoms with Crippen molar-refractivity contribution in [1.82, 2.24) is 4.90 Å². The smallest absolute Gasteiger partial charge is 0.311 e. The number of rotatable bonds is 11. The molecule has 13 nitrogen and oxygen atoms in total. The number of ether oxygens (including phenoxy) is 7. The van der Waals surface area contributed by atoms with Gasteiger partial charge in [0.2, 0.25) is 0 Å². The highest BCUT2D eigenvalue weighted by atomic mass is 79.9.